The lowest BCUT2D eigenvalue weighted by Gasteiger charge is -2.19. The molecule has 1 N–H and O–H groups in total. The van der Waals surface area contributed by atoms with Gasteiger partial charge in [-0.05, 0) is 13.0 Å². The molecule has 0 radical (unpaired) electrons. The van der Waals surface area contributed by atoms with Gasteiger partial charge in [0.25, 0.3) is 0 Å². The number of rotatable bonds is 5. The second-order valence-corrected chi connectivity index (χ2v) is 2.03. The van der Waals surface area contributed by atoms with E-state index in [1.54, 1.807) is 6.92 Å². The monoisotopic (exact) mass is 159 g/mol. The maximum Gasteiger partial charge on any atom is 0.0870 e. The van der Waals surface area contributed by atoms with E-state index in [-0.39, 0.29) is 0 Å². The highest BCUT2D eigenvalue weighted by Gasteiger charge is 2.08. The third-order valence-electron chi connectivity index (χ3n) is 1.07. The van der Waals surface area contributed by atoms with Crippen molar-refractivity contribution in [2.75, 3.05) is 6.54 Å². The summed E-state index contributed by atoms with van der Waals surface area (Å²) in [5.74, 6) is -3.34. The van der Waals surface area contributed by atoms with Crippen molar-refractivity contribution in [3.8, 4) is 0 Å². The van der Waals surface area contributed by atoms with Crippen molar-refractivity contribution in [1.29, 1.82) is 0 Å². The summed E-state index contributed by atoms with van der Waals surface area (Å²) in [5.41, 5.74) is 0. The first kappa shape index (κ1) is 9.90. The number of carboxylic acids is 2. The summed E-state index contributed by atoms with van der Waals surface area (Å²) in [5, 5.41) is 22.3. The van der Waals surface area contributed by atoms with Crippen LogP contribution in [0.1, 0.15) is 13.3 Å². The topological polar surface area (TPSA) is 92.3 Å². The predicted molar refractivity (Wildman–Crippen MR) is 32.1 cm³/mol. The molecule has 0 heterocycles. The second kappa shape index (κ2) is 4.68. The van der Waals surface area contributed by atoms with Gasteiger partial charge in [-0.25, -0.2) is 0 Å². The van der Waals surface area contributed by atoms with Crippen molar-refractivity contribution in [2.24, 2.45) is 0 Å². The zero-order valence-corrected chi connectivity index (χ0v) is 6.12. The zero-order chi connectivity index (χ0) is 8.85. The van der Waals surface area contributed by atoms with E-state index >= 15 is 0 Å². The first-order valence-corrected chi connectivity index (χ1v) is 3.24. The minimum Gasteiger partial charge on any atom is -0.548 e. The smallest absolute Gasteiger partial charge is 0.0870 e. The molecule has 0 aromatic carbocycles. The highest BCUT2D eigenvalue weighted by molar-refractivity contribution is 5.95. The fourth-order valence-electron chi connectivity index (χ4n) is 0.552. The first-order valence-electron chi connectivity index (χ1n) is 3.24. The van der Waals surface area contributed by atoms with E-state index in [1.807, 2.05) is 0 Å². The fraction of sp³-hybridized carbons (Fsp3) is 0.667. The van der Waals surface area contributed by atoms with Gasteiger partial charge in [-0.1, -0.05) is 6.92 Å². The van der Waals surface area contributed by atoms with Crippen LogP contribution in [-0.2, 0) is 9.59 Å². The van der Waals surface area contributed by atoms with Crippen LogP contribution in [0, 0.1) is 0 Å². The maximum absolute atomic E-state index is 10.1. The zero-order valence-electron chi connectivity index (χ0n) is 6.12. The van der Waals surface area contributed by atoms with Crippen LogP contribution < -0.4 is 15.5 Å². The van der Waals surface area contributed by atoms with E-state index < -0.39 is 18.0 Å². The number of aliphatic carboxylic acids is 2. The Kier molecular flexibility index (Phi) is 4.21. The van der Waals surface area contributed by atoms with E-state index in [1.165, 1.54) is 0 Å². The molecule has 0 bridgehead atoms. The van der Waals surface area contributed by atoms with Gasteiger partial charge < -0.3 is 25.1 Å². The lowest BCUT2D eigenvalue weighted by atomic mass is 10.3. The van der Waals surface area contributed by atoms with E-state index in [0.717, 1.165) is 0 Å². The molecule has 0 rings (SSSR count). The Morgan fingerprint density at radius 2 is 1.82 bits per heavy atom. The number of carbonyl (C=O) groups is 2. The van der Waals surface area contributed by atoms with Crippen LogP contribution in [0.15, 0.2) is 0 Å². The van der Waals surface area contributed by atoms with Gasteiger partial charge in [0.2, 0.25) is 0 Å². The quantitative estimate of drug-likeness (QED) is 0.428. The summed E-state index contributed by atoms with van der Waals surface area (Å²) in [7, 11) is 0. The van der Waals surface area contributed by atoms with Gasteiger partial charge in [0, 0.05) is 0 Å². The molecule has 0 aromatic rings. The summed E-state index contributed by atoms with van der Waals surface area (Å²) in [6.07, 6.45) is 0.650. The number of nitrogens with one attached hydrogen (secondary N) is 1. The third kappa shape index (κ3) is 3.57. The van der Waals surface area contributed by atoms with Crippen LogP contribution in [0.4, 0.5) is 0 Å². The number of carboxylic acid groups (broad SMARTS) is 2. The molecule has 0 saturated carbocycles. The molecule has 0 aliphatic carbocycles. The maximum atomic E-state index is 10.1. The summed E-state index contributed by atoms with van der Waals surface area (Å²) in [6.45, 7) is 2.10. The van der Waals surface area contributed by atoms with Gasteiger partial charge >= 0.3 is 0 Å². The minimum absolute atomic E-state index is 0.312. The van der Waals surface area contributed by atoms with Crippen LogP contribution in [0.5, 0.6) is 0 Å². The van der Waals surface area contributed by atoms with Gasteiger partial charge in [0.05, 0.1) is 18.0 Å². The molecular weight excluding hydrogens is 150 g/mol. The van der Waals surface area contributed by atoms with Crippen molar-refractivity contribution in [3.05, 3.63) is 0 Å². The van der Waals surface area contributed by atoms with Crippen LogP contribution >= 0.6 is 0 Å². The molecule has 64 valence electrons. The molecule has 0 aliphatic heterocycles. The van der Waals surface area contributed by atoms with E-state index in [2.05, 4.69) is 5.32 Å². The highest BCUT2D eigenvalue weighted by Crippen LogP contribution is 1.80. The molecule has 11 heavy (non-hydrogen) atoms. The fourth-order valence-corrected chi connectivity index (χ4v) is 0.552. The van der Waals surface area contributed by atoms with Crippen LogP contribution in [0.2, 0.25) is 0 Å². The lowest BCUT2D eigenvalue weighted by molar-refractivity contribution is -0.326. The Bertz CT molecular complexity index is 143. The summed E-state index contributed by atoms with van der Waals surface area (Å²) >= 11 is 0. The molecule has 0 aliphatic rings. The lowest BCUT2D eigenvalue weighted by Crippen LogP contribution is -2.55. The van der Waals surface area contributed by atoms with E-state index in [0.29, 0.717) is 13.0 Å². The molecule has 0 fully saturated rings. The molecule has 5 nitrogen and oxygen atoms in total. The van der Waals surface area contributed by atoms with E-state index in [4.69, 9.17) is 0 Å². The van der Waals surface area contributed by atoms with Crippen LogP contribution in [0.3, 0.4) is 0 Å². The Morgan fingerprint density at radius 3 is 2.09 bits per heavy atom. The van der Waals surface area contributed by atoms with Crippen molar-refractivity contribution in [1.82, 2.24) is 5.32 Å². The number of hydrogen-bond donors (Lipinski definition) is 1. The van der Waals surface area contributed by atoms with Crippen molar-refractivity contribution >= 4 is 11.9 Å². The van der Waals surface area contributed by atoms with Gasteiger partial charge in [-0.2, -0.15) is 0 Å². The molecule has 5 heteroatoms. The summed E-state index contributed by atoms with van der Waals surface area (Å²) < 4.78 is 0. The first-order chi connectivity index (χ1) is 5.09. The molecule has 0 saturated heterocycles. The molecule has 0 aromatic heterocycles. The van der Waals surface area contributed by atoms with E-state index in [9.17, 15) is 19.8 Å². The summed E-state index contributed by atoms with van der Waals surface area (Å²) in [4.78, 5) is 20.1. The Hall–Kier alpha value is -1.10. The van der Waals surface area contributed by atoms with Gasteiger partial charge in [0.15, 0.2) is 0 Å². The largest absolute Gasteiger partial charge is 0.548 e. The number of carbonyl (C=O) groups excluding carboxylic acids is 2. The highest BCUT2D eigenvalue weighted by atomic mass is 16.4. The SMILES string of the molecule is CCCNC(C(=O)[O-])C(=O)[O-]. The Balaban J connectivity index is 3.90. The van der Waals surface area contributed by atoms with Crippen LogP contribution in [0.25, 0.3) is 0 Å². The average Bonchev–Trinajstić information content (AvgIpc) is 1.87. The molecule has 0 unspecified atom stereocenters. The van der Waals surface area contributed by atoms with Gasteiger partial charge in [0.1, 0.15) is 0 Å². The van der Waals surface area contributed by atoms with Crippen molar-refractivity contribution < 1.29 is 19.8 Å². The molecule has 0 spiro atoms. The normalized spacial score (nSPS) is 10.0. The van der Waals surface area contributed by atoms with Crippen molar-refractivity contribution in [2.45, 2.75) is 19.4 Å². The van der Waals surface area contributed by atoms with Gasteiger partial charge in [-0.15, -0.1) is 0 Å². The summed E-state index contributed by atoms with van der Waals surface area (Å²) in [6, 6.07) is -1.70. The van der Waals surface area contributed by atoms with Gasteiger partial charge in [-0.3, -0.25) is 0 Å². The van der Waals surface area contributed by atoms with Crippen LogP contribution in [-0.4, -0.2) is 24.5 Å². The molecule has 0 atom stereocenters. The molecular formula is C6H9NO4-2. The molecule has 0 amide bonds. The predicted octanol–water partition coefficient (Wildman–Crippen LogP) is -3.15. The average molecular weight is 159 g/mol. The Morgan fingerprint density at radius 1 is 1.36 bits per heavy atom. The minimum atomic E-state index is -1.70. The van der Waals surface area contributed by atoms with Crippen molar-refractivity contribution in [3.63, 3.8) is 0 Å². The Labute approximate surface area is 64.0 Å². The second-order valence-electron chi connectivity index (χ2n) is 2.03. The number of hydrogen-bond acceptors (Lipinski definition) is 5. The third-order valence-corrected chi connectivity index (χ3v) is 1.07. The standard InChI is InChI=1S/C6H11NO4/c1-2-3-7-4(5(8)9)6(10)11/h4,7H,2-3H2,1H3,(H,8,9)(H,10,11)/p-2.